The van der Waals surface area contributed by atoms with Crippen LogP contribution in [0.4, 0.5) is 0 Å². The van der Waals surface area contributed by atoms with Crippen molar-refractivity contribution >= 4 is 11.9 Å². The minimum absolute atomic E-state index is 0.0815. The summed E-state index contributed by atoms with van der Waals surface area (Å²) in [4.78, 5) is 25.6. The molecule has 0 amide bonds. The Morgan fingerprint density at radius 2 is 2.06 bits per heavy atom. The number of aromatic hydroxyl groups is 1. The maximum Gasteiger partial charge on any atom is 0.342 e. The van der Waals surface area contributed by atoms with Crippen LogP contribution in [0.2, 0.25) is 0 Å². The third-order valence-corrected chi connectivity index (χ3v) is 5.41. The van der Waals surface area contributed by atoms with Crippen LogP contribution >= 0.6 is 0 Å². The fraction of sp³-hybridized carbons (Fsp3) is 0.565. The molecule has 1 saturated heterocycles. The largest absolute Gasteiger partial charge is 0.507 e. The number of benzene rings is 1. The van der Waals surface area contributed by atoms with Gasteiger partial charge in [-0.15, -0.1) is 0 Å². The highest BCUT2D eigenvalue weighted by Gasteiger charge is 2.31. The van der Waals surface area contributed by atoms with Crippen molar-refractivity contribution in [2.45, 2.75) is 39.7 Å². The molecule has 2 heterocycles. The van der Waals surface area contributed by atoms with Gasteiger partial charge < -0.3 is 24.1 Å². The van der Waals surface area contributed by atoms with Gasteiger partial charge in [-0.2, -0.15) is 0 Å². The van der Waals surface area contributed by atoms with Crippen LogP contribution in [-0.2, 0) is 32.0 Å². The number of cyclic esters (lactones) is 1. The van der Waals surface area contributed by atoms with E-state index in [0.717, 1.165) is 5.57 Å². The van der Waals surface area contributed by atoms with E-state index in [9.17, 15) is 14.7 Å². The lowest BCUT2D eigenvalue weighted by molar-refractivity contribution is -0.144. The van der Waals surface area contributed by atoms with Crippen molar-refractivity contribution in [3.63, 3.8) is 0 Å². The van der Waals surface area contributed by atoms with E-state index in [1.807, 2.05) is 0 Å². The van der Waals surface area contributed by atoms with Crippen LogP contribution in [0.25, 0.3) is 0 Å². The summed E-state index contributed by atoms with van der Waals surface area (Å²) in [6.45, 7) is -0.752. The highest BCUT2D eigenvalue weighted by atomic mass is 16.5. The predicted octanol–water partition coefficient (Wildman–Crippen LogP) is 2.52. The summed E-state index contributed by atoms with van der Waals surface area (Å²) >= 11 is 0. The van der Waals surface area contributed by atoms with E-state index < -0.39 is 25.0 Å². The lowest BCUT2D eigenvalue weighted by Crippen LogP contribution is -2.38. The Morgan fingerprint density at radius 3 is 2.77 bits per heavy atom. The van der Waals surface area contributed by atoms with Crippen molar-refractivity contribution in [3.8, 4) is 11.5 Å². The number of phenols is 1. The van der Waals surface area contributed by atoms with Crippen LogP contribution in [0.15, 0.2) is 11.6 Å². The Bertz CT molecular complexity index is 1020. The molecule has 1 aromatic carbocycles. The molecule has 0 atom stereocenters. The zero-order valence-corrected chi connectivity index (χ0v) is 18.1. The third-order valence-electron chi connectivity index (χ3n) is 5.41. The SMILES string of the molecule is [2H]C([2H])(OC(=O)CC/C(C)=C/Cc1c(O)c2c(c(C)c1OC)COC2=O)C([2H])([2H])N1CCOCC1. The summed E-state index contributed by atoms with van der Waals surface area (Å²) in [5.41, 5.74) is 2.65. The van der Waals surface area contributed by atoms with Gasteiger partial charge in [0.2, 0.25) is 0 Å². The van der Waals surface area contributed by atoms with E-state index in [-0.39, 0.29) is 63.5 Å². The number of rotatable bonds is 9. The fourth-order valence-electron chi connectivity index (χ4n) is 3.58. The minimum atomic E-state index is -2.84. The molecule has 0 bridgehead atoms. The van der Waals surface area contributed by atoms with E-state index in [1.165, 1.54) is 12.0 Å². The first-order valence-electron chi connectivity index (χ1n) is 12.2. The van der Waals surface area contributed by atoms with Crippen LogP contribution in [0.5, 0.6) is 11.5 Å². The van der Waals surface area contributed by atoms with E-state index in [0.29, 0.717) is 22.4 Å². The van der Waals surface area contributed by atoms with Crippen LogP contribution in [0, 0.1) is 6.92 Å². The Hall–Kier alpha value is -2.58. The van der Waals surface area contributed by atoms with Gasteiger partial charge in [-0.1, -0.05) is 11.6 Å². The summed E-state index contributed by atoms with van der Waals surface area (Å²) in [7, 11) is 1.48. The second-order valence-corrected chi connectivity index (χ2v) is 7.46. The molecule has 3 rings (SSSR count). The smallest absolute Gasteiger partial charge is 0.342 e. The first-order valence-corrected chi connectivity index (χ1v) is 10.2. The molecule has 1 fully saturated rings. The standard InChI is InChI=1S/C23H31NO7/c1-15(5-7-19(25)30-13-10-24-8-11-29-12-9-24)4-6-17-21(26)20-18(14-31-23(20)27)16(2)22(17)28-3/h4,26H,5-14H2,1-3H3/b15-4+/i10D2,13D2. The summed E-state index contributed by atoms with van der Waals surface area (Å²) in [5, 5.41) is 10.7. The molecule has 0 unspecified atom stereocenters. The number of nitrogens with zero attached hydrogens (tertiary/aromatic N) is 1. The van der Waals surface area contributed by atoms with E-state index in [2.05, 4.69) is 0 Å². The second kappa shape index (κ2) is 10.6. The van der Waals surface area contributed by atoms with E-state index >= 15 is 0 Å². The number of methoxy groups -OCH3 is 1. The molecule has 31 heavy (non-hydrogen) atoms. The van der Waals surface area contributed by atoms with Crippen LogP contribution in [0.1, 0.15) is 52.3 Å². The molecule has 1 aromatic rings. The zero-order chi connectivity index (χ0) is 26.0. The highest BCUT2D eigenvalue weighted by Crippen LogP contribution is 2.42. The lowest BCUT2D eigenvalue weighted by Gasteiger charge is -2.26. The highest BCUT2D eigenvalue weighted by molar-refractivity contribution is 5.98. The minimum Gasteiger partial charge on any atom is -0.507 e. The number of ether oxygens (including phenoxy) is 4. The Labute approximate surface area is 188 Å². The van der Waals surface area contributed by atoms with Gasteiger partial charge in [0.05, 0.1) is 23.1 Å². The molecule has 8 nitrogen and oxygen atoms in total. The van der Waals surface area contributed by atoms with Crippen molar-refractivity contribution < 1.29 is 39.1 Å². The maximum absolute atomic E-state index is 12.3. The van der Waals surface area contributed by atoms with Crippen molar-refractivity contribution in [1.82, 2.24) is 4.90 Å². The van der Waals surface area contributed by atoms with Crippen LogP contribution in [-0.4, -0.2) is 68.4 Å². The molecule has 0 radical (unpaired) electrons. The first kappa shape index (κ1) is 18.0. The normalized spacial score (nSPS) is 19.6. The summed E-state index contributed by atoms with van der Waals surface area (Å²) in [6.07, 6.45) is 2.10. The van der Waals surface area contributed by atoms with Crippen molar-refractivity contribution in [2.24, 2.45) is 0 Å². The summed E-state index contributed by atoms with van der Waals surface area (Å²) in [6, 6.07) is 0. The van der Waals surface area contributed by atoms with Crippen LogP contribution in [0.3, 0.4) is 0 Å². The molecule has 0 saturated carbocycles. The number of morpholine rings is 1. The first-order chi connectivity index (χ1) is 16.4. The number of phenolic OH excluding ortho intramolecular Hbond substituents is 1. The van der Waals surface area contributed by atoms with Crippen molar-refractivity contribution in [3.05, 3.63) is 33.9 Å². The van der Waals surface area contributed by atoms with Gasteiger partial charge in [0.1, 0.15) is 30.2 Å². The number of allylic oxidation sites excluding steroid dienone is 2. The number of carbonyl (C=O) groups is 2. The summed E-state index contributed by atoms with van der Waals surface area (Å²) in [5.74, 6) is -1.18. The van der Waals surface area contributed by atoms with Gasteiger partial charge in [-0.3, -0.25) is 9.69 Å². The van der Waals surface area contributed by atoms with Crippen LogP contribution < -0.4 is 4.74 Å². The van der Waals surface area contributed by atoms with Gasteiger partial charge in [-0.05, 0) is 32.3 Å². The quantitative estimate of drug-likeness (QED) is 0.465. The molecular weight excluding hydrogens is 402 g/mol. The molecule has 1 N–H and O–H groups in total. The van der Waals surface area contributed by atoms with Gasteiger partial charge in [0, 0.05) is 39.9 Å². The Morgan fingerprint density at radius 1 is 1.32 bits per heavy atom. The number of fused-ring (bicyclic) bond motifs is 1. The fourth-order valence-corrected chi connectivity index (χ4v) is 3.58. The average Bonchev–Trinajstić information content (AvgIpc) is 3.21. The Balaban J connectivity index is 1.63. The number of esters is 2. The number of hydrogen-bond donors (Lipinski definition) is 1. The molecule has 2 aliphatic rings. The monoisotopic (exact) mass is 437 g/mol. The van der Waals surface area contributed by atoms with Gasteiger partial charge in [0.25, 0.3) is 0 Å². The molecule has 8 heteroatoms. The predicted molar refractivity (Wildman–Crippen MR) is 113 cm³/mol. The average molecular weight is 438 g/mol. The molecule has 170 valence electrons. The topological polar surface area (TPSA) is 94.5 Å². The molecule has 2 aliphatic heterocycles. The maximum atomic E-state index is 12.3. The van der Waals surface area contributed by atoms with Crippen molar-refractivity contribution in [2.75, 3.05) is 46.5 Å². The number of hydrogen-bond acceptors (Lipinski definition) is 8. The third kappa shape index (κ3) is 5.57. The lowest BCUT2D eigenvalue weighted by atomic mass is 9.94. The zero-order valence-electron chi connectivity index (χ0n) is 22.1. The molecule has 0 spiro atoms. The van der Waals surface area contributed by atoms with Gasteiger partial charge in [0.15, 0.2) is 0 Å². The molecular formula is C23H31NO7. The molecule has 0 aromatic heterocycles. The summed E-state index contributed by atoms with van der Waals surface area (Å²) < 4.78 is 52.9. The van der Waals surface area contributed by atoms with Gasteiger partial charge in [-0.25, -0.2) is 4.79 Å². The molecule has 0 aliphatic carbocycles. The Kier molecular flexibility index (Phi) is 6.19. The second-order valence-electron chi connectivity index (χ2n) is 7.46. The van der Waals surface area contributed by atoms with E-state index in [4.69, 9.17) is 24.4 Å². The number of carbonyl (C=O) groups excluding carboxylic acids is 2. The van der Waals surface area contributed by atoms with E-state index in [1.54, 1.807) is 19.9 Å². The van der Waals surface area contributed by atoms with Crippen molar-refractivity contribution in [1.29, 1.82) is 0 Å². The van der Waals surface area contributed by atoms with Gasteiger partial charge >= 0.3 is 11.9 Å².